The van der Waals surface area contributed by atoms with Crippen LogP contribution in [0.5, 0.6) is 11.6 Å². The van der Waals surface area contributed by atoms with Crippen molar-refractivity contribution in [2.24, 2.45) is 9.39 Å². The van der Waals surface area contributed by atoms with Gasteiger partial charge in [-0.1, -0.05) is 78.3 Å². The molecule has 3 aromatic carbocycles. The Morgan fingerprint density at radius 3 is 2.14 bits per heavy atom. The van der Waals surface area contributed by atoms with Gasteiger partial charge in [-0.25, -0.2) is 9.98 Å². The summed E-state index contributed by atoms with van der Waals surface area (Å²) in [5, 5.41) is 0.444. The van der Waals surface area contributed by atoms with E-state index < -0.39 is 10.0 Å². The van der Waals surface area contributed by atoms with Crippen LogP contribution in [0.2, 0.25) is 5.02 Å². The van der Waals surface area contributed by atoms with Crippen molar-refractivity contribution in [3.05, 3.63) is 113 Å². The van der Waals surface area contributed by atoms with Crippen molar-refractivity contribution in [3.63, 3.8) is 0 Å². The van der Waals surface area contributed by atoms with Gasteiger partial charge in [0, 0.05) is 30.2 Å². The number of rotatable bonds is 8. The quantitative estimate of drug-likeness (QED) is 0.212. The van der Waals surface area contributed by atoms with E-state index in [0.29, 0.717) is 22.2 Å². The minimum atomic E-state index is -4.17. The molecule has 0 fully saturated rings. The van der Waals surface area contributed by atoms with Gasteiger partial charge in [0.15, 0.2) is 4.90 Å². The van der Waals surface area contributed by atoms with Crippen molar-refractivity contribution in [2.75, 3.05) is 14.1 Å². The Balaban J connectivity index is 1.86. The molecule has 4 aromatic rings. The van der Waals surface area contributed by atoms with Gasteiger partial charge in [0.25, 0.3) is 10.0 Å². The number of aliphatic imine (C=N–C) groups is 1. The summed E-state index contributed by atoms with van der Waals surface area (Å²) in [5.41, 5.74) is 2.74. The molecule has 36 heavy (non-hydrogen) atoms. The molecule has 0 aliphatic rings. The predicted octanol–water partition coefficient (Wildman–Crippen LogP) is 5.98. The second-order valence-electron chi connectivity index (χ2n) is 7.91. The maximum Gasteiger partial charge on any atom is 0.289 e. The van der Waals surface area contributed by atoms with Gasteiger partial charge in [-0.15, -0.1) is 4.40 Å². The van der Waals surface area contributed by atoms with Crippen LogP contribution < -0.4 is 4.74 Å². The van der Waals surface area contributed by atoms with E-state index >= 15 is 0 Å². The first kappa shape index (κ1) is 25.1. The summed E-state index contributed by atoms with van der Waals surface area (Å²) in [6, 6.07) is 27.3. The SMILES string of the molecule is CN(C)C=NS(=O)(=O)c1cc(N=C(c2ccccc2)c2ccccc2)cnc1Oc1cccc(Cl)c1. The summed E-state index contributed by atoms with van der Waals surface area (Å²) in [5.74, 6) is 0.210. The fourth-order valence-electron chi connectivity index (χ4n) is 3.22. The molecule has 0 aliphatic carbocycles. The summed E-state index contributed by atoms with van der Waals surface area (Å²) in [4.78, 5) is 10.4. The molecule has 4 rings (SSSR count). The molecular weight excluding hydrogens is 496 g/mol. The van der Waals surface area contributed by atoms with E-state index in [1.165, 1.54) is 23.5 Å². The zero-order valence-electron chi connectivity index (χ0n) is 19.6. The van der Waals surface area contributed by atoms with E-state index in [0.717, 1.165) is 11.1 Å². The summed E-state index contributed by atoms with van der Waals surface area (Å²) in [7, 11) is -0.818. The lowest BCUT2D eigenvalue weighted by Crippen LogP contribution is -2.11. The Morgan fingerprint density at radius 2 is 1.56 bits per heavy atom. The van der Waals surface area contributed by atoms with E-state index in [4.69, 9.17) is 21.3 Å². The van der Waals surface area contributed by atoms with Crippen molar-refractivity contribution in [3.8, 4) is 11.6 Å². The topological polar surface area (TPSA) is 84.2 Å². The van der Waals surface area contributed by atoms with Crippen LogP contribution in [0.15, 0.2) is 111 Å². The maximum absolute atomic E-state index is 13.2. The minimum absolute atomic E-state index is 0.131. The molecule has 0 radical (unpaired) electrons. The normalized spacial score (nSPS) is 11.3. The molecular formula is C27H23ClN4O3S. The largest absolute Gasteiger partial charge is 0.438 e. The lowest BCUT2D eigenvalue weighted by atomic mass is 10.0. The summed E-state index contributed by atoms with van der Waals surface area (Å²) < 4.78 is 35.9. The molecule has 7 nitrogen and oxygen atoms in total. The smallest absolute Gasteiger partial charge is 0.289 e. The number of pyridine rings is 1. The maximum atomic E-state index is 13.2. The average molecular weight is 519 g/mol. The van der Waals surface area contributed by atoms with Crippen LogP contribution in [0.1, 0.15) is 11.1 Å². The number of sulfonamides is 1. The fraction of sp³-hybridized carbons (Fsp3) is 0.0741. The Labute approximate surface area is 215 Å². The standard InChI is InChI=1S/C27H23ClN4O3S/c1-32(2)19-30-36(33,34)25-17-23(18-29-27(25)35-24-15-9-14-22(28)16-24)31-26(20-10-5-3-6-11-20)21-12-7-4-8-13-21/h3-19H,1-2H3. The average Bonchev–Trinajstić information content (AvgIpc) is 2.88. The molecule has 0 bridgehead atoms. The van der Waals surface area contributed by atoms with Crippen LogP contribution in [0.3, 0.4) is 0 Å². The van der Waals surface area contributed by atoms with E-state index in [2.05, 4.69) is 9.38 Å². The highest BCUT2D eigenvalue weighted by molar-refractivity contribution is 7.90. The van der Waals surface area contributed by atoms with Crippen LogP contribution in [0, 0.1) is 0 Å². The van der Waals surface area contributed by atoms with Crippen molar-refractivity contribution >= 4 is 39.4 Å². The molecule has 0 atom stereocenters. The minimum Gasteiger partial charge on any atom is -0.438 e. The molecule has 0 amide bonds. The molecule has 0 aliphatic heterocycles. The molecule has 9 heteroatoms. The highest BCUT2D eigenvalue weighted by Crippen LogP contribution is 2.32. The zero-order chi connectivity index (χ0) is 25.5. The molecule has 1 heterocycles. The molecule has 0 N–H and O–H groups in total. The molecule has 0 spiro atoms. The van der Waals surface area contributed by atoms with Gasteiger partial charge in [0.05, 0.1) is 17.6 Å². The van der Waals surface area contributed by atoms with Crippen LogP contribution in [0.25, 0.3) is 0 Å². The number of benzene rings is 3. The third-order valence-corrected chi connectivity index (χ3v) is 6.30. The van der Waals surface area contributed by atoms with Crippen LogP contribution in [0.4, 0.5) is 5.69 Å². The Hall–Kier alpha value is -4.01. The first-order chi connectivity index (χ1) is 17.3. The fourth-order valence-corrected chi connectivity index (χ4v) is 4.41. The van der Waals surface area contributed by atoms with Gasteiger partial charge in [0.1, 0.15) is 12.1 Å². The number of nitrogens with zero attached hydrogens (tertiary/aromatic N) is 4. The zero-order valence-corrected chi connectivity index (χ0v) is 21.2. The molecule has 0 saturated carbocycles. The Bertz CT molecular complexity index is 1470. The van der Waals surface area contributed by atoms with Gasteiger partial charge < -0.3 is 9.64 Å². The van der Waals surface area contributed by atoms with Gasteiger partial charge in [0.2, 0.25) is 5.88 Å². The van der Waals surface area contributed by atoms with Crippen LogP contribution >= 0.6 is 11.6 Å². The van der Waals surface area contributed by atoms with Gasteiger partial charge >= 0.3 is 0 Å². The number of ether oxygens (including phenoxy) is 1. The number of halogens is 1. The second-order valence-corrected chi connectivity index (χ2v) is 9.95. The predicted molar refractivity (Wildman–Crippen MR) is 143 cm³/mol. The summed E-state index contributed by atoms with van der Waals surface area (Å²) in [6.45, 7) is 0. The Morgan fingerprint density at radius 1 is 0.917 bits per heavy atom. The third-order valence-electron chi connectivity index (χ3n) is 4.84. The second kappa shape index (κ2) is 11.2. The van der Waals surface area contributed by atoms with Crippen LogP contribution in [-0.2, 0) is 10.0 Å². The van der Waals surface area contributed by atoms with Crippen molar-refractivity contribution in [1.82, 2.24) is 9.88 Å². The number of aromatic nitrogens is 1. The van der Waals surface area contributed by atoms with Gasteiger partial charge in [-0.3, -0.25) is 0 Å². The highest BCUT2D eigenvalue weighted by Gasteiger charge is 2.22. The van der Waals surface area contributed by atoms with Crippen molar-refractivity contribution in [1.29, 1.82) is 0 Å². The van der Waals surface area contributed by atoms with E-state index in [-0.39, 0.29) is 10.8 Å². The third kappa shape index (κ3) is 6.35. The monoisotopic (exact) mass is 518 g/mol. The van der Waals surface area contributed by atoms with E-state index in [1.54, 1.807) is 38.4 Å². The Kier molecular flexibility index (Phi) is 7.77. The number of hydrogen-bond donors (Lipinski definition) is 0. The molecule has 0 unspecified atom stereocenters. The summed E-state index contributed by atoms with van der Waals surface area (Å²) >= 11 is 6.06. The molecule has 182 valence electrons. The van der Waals surface area contributed by atoms with Gasteiger partial charge in [-0.05, 0) is 24.3 Å². The van der Waals surface area contributed by atoms with Crippen molar-refractivity contribution < 1.29 is 13.2 Å². The molecule has 1 aromatic heterocycles. The first-order valence-electron chi connectivity index (χ1n) is 10.9. The van der Waals surface area contributed by atoms with E-state index in [1.807, 2.05) is 60.7 Å². The van der Waals surface area contributed by atoms with Crippen molar-refractivity contribution in [2.45, 2.75) is 4.90 Å². The number of hydrogen-bond acceptors (Lipinski definition) is 5. The van der Waals surface area contributed by atoms with Gasteiger partial charge in [-0.2, -0.15) is 8.42 Å². The van der Waals surface area contributed by atoms with Crippen LogP contribution in [-0.4, -0.2) is 44.4 Å². The lowest BCUT2D eigenvalue weighted by Gasteiger charge is -2.12. The first-order valence-corrected chi connectivity index (χ1v) is 12.7. The lowest BCUT2D eigenvalue weighted by molar-refractivity contribution is 0.447. The van der Waals surface area contributed by atoms with E-state index in [9.17, 15) is 8.42 Å². The summed E-state index contributed by atoms with van der Waals surface area (Å²) in [6.07, 6.45) is 2.66. The molecule has 0 saturated heterocycles. The highest BCUT2D eigenvalue weighted by atomic mass is 35.5.